The largest absolute Gasteiger partial charge is 0.453 e. The van der Waals surface area contributed by atoms with E-state index in [0.29, 0.717) is 0 Å². The Morgan fingerprint density at radius 2 is 2.12 bits per heavy atom. The van der Waals surface area contributed by atoms with Crippen molar-refractivity contribution in [3.8, 4) is 0 Å². The summed E-state index contributed by atoms with van der Waals surface area (Å²) in [5.74, 6) is 0. The molecular formula is C8H6Cl2N2O4. The molecule has 0 saturated carbocycles. The molecule has 16 heavy (non-hydrogen) atoms. The molecule has 1 amide bonds. The van der Waals surface area contributed by atoms with Gasteiger partial charge in [-0.3, -0.25) is 15.4 Å². The van der Waals surface area contributed by atoms with Crippen LogP contribution in [-0.2, 0) is 4.74 Å². The van der Waals surface area contributed by atoms with Crippen LogP contribution in [0.3, 0.4) is 0 Å². The standard InChI is InChI=1S/C8H6Cl2N2O4/c1-16-8(13)11-6-3-4(9)2-5(10)7(6)12(14)15/h2-3H,1H3,(H,11,13). The van der Waals surface area contributed by atoms with Crippen LogP contribution >= 0.6 is 23.2 Å². The van der Waals surface area contributed by atoms with Gasteiger partial charge in [-0.15, -0.1) is 0 Å². The lowest BCUT2D eigenvalue weighted by molar-refractivity contribution is -0.383. The first kappa shape index (κ1) is 12.5. The van der Waals surface area contributed by atoms with E-state index in [9.17, 15) is 14.9 Å². The number of nitro benzene ring substituents is 1. The Hall–Kier alpha value is -1.53. The summed E-state index contributed by atoms with van der Waals surface area (Å²) in [6.45, 7) is 0. The minimum atomic E-state index is -0.846. The molecule has 6 nitrogen and oxygen atoms in total. The molecule has 0 fully saturated rings. The lowest BCUT2D eigenvalue weighted by atomic mass is 10.2. The number of hydrogen-bond donors (Lipinski definition) is 1. The molecule has 1 N–H and O–H groups in total. The van der Waals surface area contributed by atoms with Gasteiger partial charge in [0.05, 0.1) is 12.0 Å². The fourth-order valence-corrected chi connectivity index (χ4v) is 1.57. The van der Waals surface area contributed by atoms with Crippen molar-refractivity contribution in [2.24, 2.45) is 0 Å². The molecule has 0 aliphatic rings. The highest BCUT2D eigenvalue weighted by molar-refractivity contribution is 6.36. The summed E-state index contributed by atoms with van der Waals surface area (Å²) >= 11 is 11.3. The quantitative estimate of drug-likeness (QED) is 0.658. The minimum Gasteiger partial charge on any atom is -0.453 e. The molecule has 0 heterocycles. The van der Waals surface area contributed by atoms with Crippen molar-refractivity contribution in [3.63, 3.8) is 0 Å². The Bertz CT molecular complexity index is 450. The van der Waals surface area contributed by atoms with Gasteiger partial charge in [0.2, 0.25) is 0 Å². The second-order valence-corrected chi connectivity index (χ2v) is 3.50. The number of ether oxygens (including phenoxy) is 1. The van der Waals surface area contributed by atoms with Gasteiger partial charge >= 0.3 is 11.8 Å². The van der Waals surface area contributed by atoms with Gasteiger partial charge in [0, 0.05) is 5.02 Å². The van der Waals surface area contributed by atoms with E-state index in [0.717, 1.165) is 7.11 Å². The summed E-state index contributed by atoms with van der Waals surface area (Å²) in [6.07, 6.45) is -0.846. The van der Waals surface area contributed by atoms with Crippen LogP contribution in [0.15, 0.2) is 12.1 Å². The third-order valence-electron chi connectivity index (χ3n) is 1.63. The van der Waals surface area contributed by atoms with E-state index in [1.54, 1.807) is 0 Å². The zero-order valence-corrected chi connectivity index (χ0v) is 9.50. The fourth-order valence-electron chi connectivity index (χ4n) is 1.01. The van der Waals surface area contributed by atoms with Gasteiger partial charge in [-0.25, -0.2) is 4.79 Å². The Morgan fingerprint density at radius 3 is 2.62 bits per heavy atom. The van der Waals surface area contributed by atoms with Gasteiger partial charge in [-0.05, 0) is 12.1 Å². The molecule has 1 aromatic rings. The maximum absolute atomic E-state index is 10.9. The molecule has 1 rings (SSSR count). The number of nitro groups is 1. The van der Waals surface area contributed by atoms with E-state index in [-0.39, 0.29) is 15.7 Å². The smallest absolute Gasteiger partial charge is 0.411 e. The van der Waals surface area contributed by atoms with Gasteiger partial charge in [-0.2, -0.15) is 0 Å². The number of amides is 1. The molecule has 0 aliphatic heterocycles. The normalized spacial score (nSPS) is 9.69. The number of methoxy groups -OCH3 is 1. The van der Waals surface area contributed by atoms with Crippen LogP contribution in [-0.4, -0.2) is 18.1 Å². The summed E-state index contributed by atoms with van der Waals surface area (Å²) < 4.78 is 4.31. The van der Waals surface area contributed by atoms with E-state index in [2.05, 4.69) is 10.1 Å². The number of benzene rings is 1. The molecule has 86 valence electrons. The van der Waals surface area contributed by atoms with Gasteiger partial charge in [0.15, 0.2) is 0 Å². The summed E-state index contributed by atoms with van der Waals surface area (Å²) in [6, 6.07) is 2.42. The second-order valence-electron chi connectivity index (χ2n) is 2.66. The topological polar surface area (TPSA) is 81.5 Å². The number of halogens is 2. The zero-order valence-electron chi connectivity index (χ0n) is 7.99. The predicted molar refractivity (Wildman–Crippen MR) is 59.1 cm³/mol. The number of nitrogens with zero attached hydrogens (tertiary/aromatic N) is 1. The van der Waals surface area contributed by atoms with Crippen LogP contribution in [0.2, 0.25) is 10.0 Å². The maximum Gasteiger partial charge on any atom is 0.411 e. The van der Waals surface area contributed by atoms with E-state index in [1.807, 2.05) is 0 Å². The first-order valence-corrected chi connectivity index (χ1v) is 4.69. The number of anilines is 1. The van der Waals surface area contributed by atoms with Gasteiger partial charge in [-0.1, -0.05) is 23.2 Å². The van der Waals surface area contributed by atoms with Gasteiger partial charge < -0.3 is 4.74 Å². The van der Waals surface area contributed by atoms with E-state index < -0.39 is 16.7 Å². The van der Waals surface area contributed by atoms with Crippen LogP contribution < -0.4 is 5.32 Å². The zero-order chi connectivity index (χ0) is 12.3. The number of hydrogen-bond acceptors (Lipinski definition) is 4. The van der Waals surface area contributed by atoms with Crippen LogP contribution in [0, 0.1) is 10.1 Å². The highest BCUT2D eigenvalue weighted by atomic mass is 35.5. The SMILES string of the molecule is COC(=O)Nc1cc(Cl)cc(Cl)c1[N+](=O)[O-]. The first-order valence-electron chi connectivity index (χ1n) is 3.94. The molecule has 0 aromatic heterocycles. The molecule has 8 heteroatoms. The van der Waals surface area contributed by atoms with Crippen LogP contribution in [0.25, 0.3) is 0 Å². The Morgan fingerprint density at radius 1 is 1.50 bits per heavy atom. The fraction of sp³-hybridized carbons (Fsp3) is 0.125. The third kappa shape index (κ3) is 2.74. The van der Waals surface area contributed by atoms with E-state index >= 15 is 0 Å². The van der Waals surface area contributed by atoms with Crippen molar-refractivity contribution >= 4 is 40.7 Å². The molecule has 1 aromatic carbocycles. The Balaban J connectivity index is 3.24. The van der Waals surface area contributed by atoms with E-state index in [1.165, 1.54) is 12.1 Å². The van der Waals surface area contributed by atoms with Crippen molar-refractivity contribution in [2.75, 3.05) is 12.4 Å². The average molecular weight is 265 g/mol. The Labute approximate surface area is 100 Å². The monoisotopic (exact) mass is 264 g/mol. The molecule has 0 radical (unpaired) electrons. The molecule has 0 spiro atoms. The summed E-state index contributed by atoms with van der Waals surface area (Å²) in [5, 5.41) is 12.9. The van der Waals surface area contributed by atoms with E-state index in [4.69, 9.17) is 23.2 Å². The van der Waals surface area contributed by atoms with Crippen molar-refractivity contribution in [1.82, 2.24) is 0 Å². The lowest BCUT2D eigenvalue weighted by Gasteiger charge is -2.06. The summed E-state index contributed by atoms with van der Waals surface area (Å²) in [4.78, 5) is 20.9. The summed E-state index contributed by atoms with van der Waals surface area (Å²) in [7, 11) is 1.13. The number of rotatable bonds is 2. The number of nitrogens with one attached hydrogen (secondary N) is 1. The number of carbonyl (C=O) groups is 1. The molecule has 0 saturated heterocycles. The molecule has 0 bridgehead atoms. The van der Waals surface area contributed by atoms with Crippen LogP contribution in [0.1, 0.15) is 0 Å². The molecule has 0 aliphatic carbocycles. The molecule has 0 atom stereocenters. The van der Waals surface area contributed by atoms with Crippen molar-refractivity contribution in [1.29, 1.82) is 0 Å². The van der Waals surface area contributed by atoms with Crippen molar-refractivity contribution < 1.29 is 14.5 Å². The van der Waals surface area contributed by atoms with Crippen molar-refractivity contribution in [2.45, 2.75) is 0 Å². The molecule has 0 unspecified atom stereocenters. The summed E-state index contributed by atoms with van der Waals surface area (Å²) in [5.41, 5.74) is -0.550. The highest BCUT2D eigenvalue weighted by Gasteiger charge is 2.21. The second kappa shape index (κ2) is 5.00. The minimum absolute atomic E-state index is 0.116. The van der Waals surface area contributed by atoms with Crippen molar-refractivity contribution in [3.05, 3.63) is 32.3 Å². The van der Waals surface area contributed by atoms with Crippen LogP contribution in [0.4, 0.5) is 16.2 Å². The van der Waals surface area contributed by atoms with Crippen LogP contribution in [0.5, 0.6) is 0 Å². The highest BCUT2D eigenvalue weighted by Crippen LogP contribution is 2.35. The van der Waals surface area contributed by atoms with Gasteiger partial charge in [0.1, 0.15) is 10.7 Å². The van der Waals surface area contributed by atoms with Gasteiger partial charge in [0.25, 0.3) is 0 Å². The predicted octanol–water partition coefficient (Wildman–Crippen LogP) is 3.08. The first-order chi connectivity index (χ1) is 7.45. The Kier molecular flexibility index (Phi) is 3.92. The maximum atomic E-state index is 10.9. The number of carbonyl (C=O) groups excluding carboxylic acids is 1. The lowest BCUT2D eigenvalue weighted by Crippen LogP contribution is -2.12. The average Bonchev–Trinajstić information content (AvgIpc) is 2.15. The molecular weight excluding hydrogens is 259 g/mol. The third-order valence-corrected chi connectivity index (χ3v) is 2.14.